The van der Waals surface area contributed by atoms with Crippen LogP contribution in [-0.2, 0) is 4.74 Å². The van der Waals surface area contributed by atoms with Crippen LogP contribution < -0.4 is 5.73 Å². The topological polar surface area (TPSA) is 38.5 Å². The third kappa shape index (κ3) is 6.22. The zero-order valence-corrected chi connectivity index (χ0v) is 7.22. The van der Waals surface area contributed by atoms with Gasteiger partial charge < -0.3 is 15.4 Å². The maximum atomic E-state index is 11.8. The molecule has 0 amide bonds. The van der Waals surface area contributed by atoms with E-state index in [2.05, 4.69) is 0 Å². The molecule has 0 fully saturated rings. The number of alkyl halides is 1. The van der Waals surface area contributed by atoms with Crippen molar-refractivity contribution in [1.29, 1.82) is 0 Å². The monoisotopic (exact) mass is 164 g/mol. The summed E-state index contributed by atoms with van der Waals surface area (Å²) < 4.78 is 16.6. The smallest absolute Gasteiger partial charge is 0.102 e. The van der Waals surface area contributed by atoms with Gasteiger partial charge in [-0.05, 0) is 7.05 Å². The molecule has 4 heteroatoms. The predicted octanol–water partition coefficient (Wildman–Crippen LogP) is -0.139. The number of nitrogens with zero attached hydrogens (tertiary/aromatic N) is 1. The summed E-state index contributed by atoms with van der Waals surface area (Å²) in [5, 5.41) is 0. The first-order chi connectivity index (χ1) is 5.20. The Morgan fingerprint density at radius 2 is 2.27 bits per heavy atom. The van der Waals surface area contributed by atoms with Crippen LogP contribution in [0.3, 0.4) is 0 Å². The van der Waals surface area contributed by atoms with Gasteiger partial charge in [0.1, 0.15) is 6.67 Å². The molecule has 0 saturated carbocycles. The zero-order valence-electron chi connectivity index (χ0n) is 7.22. The van der Waals surface area contributed by atoms with E-state index in [1.165, 1.54) is 0 Å². The molecule has 0 bridgehead atoms. The van der Waals surface area contributed by atoms with Gasteiger partial charge in [-0.25, -0.2) is 4.39 Å². The fourth-order valence-corrected chi connectivity index (χ4v) is 0.903. The fourth-order valence-electron chi connectivity index (χ4n) is 0.903. The number of halogens is 1. The van der Waals surface area contributed by atoms with Crippen LogP contribution >= 0.6 is 0 Å². The molecule has 0 aliphatic heterocycles. The van der Waals surface area contributed by atoms with E-state index in [0.29, 0.717) is 19.7 Å². The lowest BCUT2D eigenvalue weighted by Crippen LogP contribution is -2.39. The summed E-state index contributed by atoms with van der Waals surface area (Å²) in [7, 11) is 3.45. The second-order valence-corrected chi connectivity index (χ2v) is 2.67. The molecule has 0 aromatic heterocycles. The van der Waals surface area contributed by atoms with Crippen molar-refractivity contribution in [3.63, 3.8) is 0 Å². The summed E-state index contributed by atoms with van der Waals surface area (Å²) in [5.41, 5.74) is 5.63. The van der Waals surface area contributed by atoms with Gasteiger partial charge in [-0.15, -0.1) is 0 Å². The number of rotatable bonds is 6. The third-order valence-electron chi connectivity index (χ3n) is 1.39. The largest absolute Gasteiger partial charge is 0.383 e. The van der Waals surface area contributed by atoms with Gasteiger partial charge >= 0.3 is 0 Å². The molecule has 2 N–H and O–H groups in total. The second kappa shape index (κ2) is 6.52. The van der Waals surface area contributed by atoms with Crippen LogP contribution in [-0.4, -0.2) is 51.5 Å². The summed E-state index contributed by atoms with van der Waals surface area (Å²) in [5.74, 6) is 0. The molecule has 0 aromatic carbocycles. The molecule has 0 heterocycles. The Morgan fingerprint density at radius 3 is 2.73 bits per heavy atom. The van der Waals surface area contributed by atoms with E-state index in [1.807, 2.05) is 11.9 Å². The van der Waals surface area contributed by atoms with Gasteiger partial charge in [0.15, 0.2) is 0 Å². The minimum atomic E-state index is -0.323. The first-order valence-corrected chi connectivity index (χ1v) is 3.69. The maximum Gasteiger partial charge on any atom is 0.102 e. The van der Waals surface area contributed by atoms with Crippen LogP contribution in [0.1, 0.15) is 0 Å². The highest BCUT2D eigenvalue weighted by Crippen LogP contribution is 1.87. The van der Waals surface area contributed by atoms with E-state index in [-0.39, 0.29) is 12.7 Å². The summed E-state index contributed by atoms with van der Waals surface area (Å²) in [4.78, 5) is 1.85. The summed E-state index contributed by atoms with van der Waals surface area (Å²) in [6.07, 6.45) is 0. The maximum absolute atomic E-state index is 11.8. The molecule has 68 valence electrons. The van der Waals surface area contributed by atoms with E-state index in [1.54, 1.807) is 7.11 Å². The number of ether oxygens (including phenoxy) is 1. The van der Waals surface area contributed by atoms with Gasteiger partial charge in [-0.2, -0.15) is 0 Å². The van der Waals surface area contributed by atoms with E-state index < -0.39 is 0 Å². The molecular formula is C7H17FN2O. The van der Waals surface area contributed by atoms with Gasteiger partial charge in [-0.1, -0.05) is 0 Å². The molecule has 0 spiro atoms. The Bertz CT molecular complexity index is 82.5. The van der Waals surface area contributed by atoms with Gasteiger partial charge in [0.25, 0.3) is 0 Å². The first-order valence-electron chi connectivity index (χ1n) is 3.69. The number of methoxy groups -OCH3 is 1. The van der Waals surface area contributed by atoms with Crippen LogP contribution in [0.5, 0.6) is 0 Å². The van der Waals surface area contributed by atoms with Crippen molar-refractivity contribution in [3.8, 4) is 0 Å². The molecule has 0 aliphatic rings. The molecule has 0 aromatic rings. The van der Waals surface area contributed by atoms with Gasteiger partial charge in [0.2, 0.25) is 0 Å². The van der Waals surface area contributed by atoms with Crippen molar-refractivity contribution in [2.45, 2.75) is 6.04 Å². The van der Waals surface area contributed by atoms with Crippen molar-refractivity contribution >= 4 is 0 Å². The van der Waals surface area contributed by atoms with Crippen LogP contribution in [0.2, 0.25) is 0 Å². The van der Waals surface area contributed by atoms with Crippen molar-refractivity contribution < 1.29 is 9.13 Å². The summed E-state index contributed by atoms with van der Waals surface area (Å²) in [6.45, 7) is 1.32. The van der Waals surface area contributed by atoms with Crippen LogP contribution in [0.4, 0.5) is 4.39 Å². The van der Waals surface area contributed by atoms with Crippen molar-refractivity contribution in [1.82, 2.24) is 4.90 Å². The Kier molecular flexibility index (Phi) is 6.40. The number of hydrogen-bond donors (Lipinski definition) is 1. The molecule has 0 rings (SSSR count). The number of likely N-dealkylation sites (N-methyl/N-ethyl adjacent to an activating group) is 1. The van der Waals surface area contributed by atoms with Crippen LogP contribution in [0.15, 0.2) is 0 Å². The van der Waals surface area contributed by atoms with Gasteiger partial charge in [0, 0.05) is 26.2 Å². The zero-order chi connectivity index (χ0) is 8.69. The highest BCUT2D eigenvalue weighted by molar-refractivity contribution is 4.64. The molecule has 3 nitrogen and oxygen atoms in total. The van der Waals surface area contributed by atoms with Crippen molar-refractivity contribution in [2.75, 3.05) is 40.5 Å². The Morgan fingerprint density at radius 1 is 1.64 bits per heavy atom. The first kappa shape index (κ1) is 10.8. The third-order valence-corrected chi connectivity index (χ3v) is 1.39. The fraction of sp³-hybridized carbons (Fsp3) is 1.00. The van der Waals surface area contributed by atoms with E-state index in [0.717, 1.165) is 0 Å². The number of nitrogens with two attached hydrogens (primary N) is 1. The average Bonchev–Trinajstić information content (AvgIpc) is 1.87. The number of hydrogen-bond acceptors (Lipinski definition) is 3. The molecule has 1 unspecified atom stereocenters. The lowest BCUT2D eigenvalue weighted by atomic mass is 10.3. The van der Waals surface area contributed by atoms with Crippen LogP contribution in [0.25, 0.3) is 0 Å². The normalized spacial score (nSPS) is 13.9. The molecule has 0 radical (unpaired) electrons. The second-order valence-electron chi connectivity index (χ2n) is 2.67. The SMILES string of the molecule is COCC(N)CN(C)CCF. The average molecular weight is 164 g/mol. The Hall–Kier alpha value is -0.190. The predicted molar refractivity (Wildman–Crippen MR) is 43.3 cm³/mol. The van der Waals surface area contributed by atoms with Gasteiger partial charge in [-0.3, -0.25) is 0 Å². The van der Waals surface area contributed by atoms with Crippen molar-refractivity contribution in [2.24, 2.45) is 5.73 Å². The highest BCUT2D eigenvalue weighted by atomic mass is 19.1. The van der Waals surface area contributed by atoms with E-state index in [9.17, 15) is 4.39 Å². The lowest BCUT2D eigenvalue weighted by Gasteiger charge is -2.18. The summed E-state index contributed by atoms with van der Waals surface area (Å²) in [6, 6.07) is -0.0171. The highest BCUT2D eigenvalue weighted by Gasteiger charge is 2.05. The van der Waals surface area contributed by atoms with E-state index >= 15 is 0 Å². The quantitative estimate of drug-likeness (QED) is 0.594. The molecule has 11 heavy (non-hydrogen) atoms. The minimum Gasteiger partial charge on any atom is -0.383 e. The molecular weight excluding hydrogens is 147 g/mol. The van der Waals surface area contributed by atoms with Crippen LogP contribution in [0, 0.1) is 0 Å². The summed E-state index contributed by atoms with van der Waals surface area (Å²) >= 11 is 0. The minimum absolute atomic E-state index is 0.0171. The molecule has 1 atom stereocenters. The molecule has 0 aliphatic carbocycles. The standard InChI is InChI=1S/C7H17FN2O/c1-10(4-3-8)5-7(9)6-11-2/h7H,3-6,9H2,1-2H3. The van der Waals surface area contributed by atoms with Crippen molar-refractivity contribution in [3.05, 3.63) is 0 Å². The Labute approximate surface area is 67.3 Å². The molecule has 0 saturated heterocycles. The Balaban J connectivity index is 3.32. The lowest BCUT2D eigenvalue weighted by molar-refractivity contribution is 0.159. The van der Waals surface area contributed by atoms with Gasteiger partial charge in [0.05, 0.1) is 6.61 Å². The van der Waals surface area contributed by atoms with E-state index in [4.69, 9.17) is 10.5 Å².